The van der Waals surface area contributed by atoms with Crippen LogP contribution in [0.25, 0.3) is 0 Å². The van der Waals surface area contributed by atoms with Crippen LogP contribution in [0.2, 0.25) is 0 Å². The van der Waals surface area contributed by atoms with Gasteiger partial charge in [-0.1, -0.05) is 37.3 Å². The lowest BCUT2D eigenvalue weighted by molar-refractivity contribution is 0.237. The molecule has 5 nitrogen and oxygen atoms in total. The third-order valence-electron chi connectivity index (χ3n) is 3.75. The molecule has 1 atom stereocenters. The second kappa shape index (κ2) is 5.99. The molecular weight excluding hydrogens is 264 g/mol. The van der Waals surface area contributed by atoms with E-state index in [9.17, 15) is 4.79 Å². The lowest BCUT2D eigenvalue weighted by atomic mass is 9.89. The zero-order chi connectivity index (χ0) is 15.5. The first kappa shape index (κ1) is 15.1. The third kappa shape index (κ3) is 3.42. The molecule has 0 spiro atoms. The van der Waals surface area contributed by atoms with E-state index in [-0.39, 0.29) is 6.03 Å². The van der Waals surface area contributed by atoms with E-state index < -0.39 is 5.54 Å². The van der Waals surface area contributed by atoms with E-state index in [1.165, 1.54) is 0 Å². The molecule has 1 aromatic carbocycles. The van der Waals surface area contributed by atoms with Crippen LogP contribution in [0.4, 0.5) is 10.6 Å². The maximum absolute atomic E-state index is 12.3. The van der Waals surface area contributed by atoms with Crippen molar-refractivity contribution in [2.45, 2.75) is 32.7 Å². The molecule has 0 saturated heterocycles. The molecule has 2 amide bonds. The number of aryl methyl sites for hydroxylation is 2. The number of amides is 2. The maximum Gasteiger partial charge on any atom is 0.321 e. The van der Waals surface area contributed by atoms with E-state index in [4.69, 9.17) is 0 Å². The summed E-state index contributed by atoms with van der Waals surface area (Å²) in [7, 11) is 1.80. The molecule has 2 aromatic rings. The number of rotatable bonds is 4. The van der Waals surface area contributed by atoms with Crippen molar-refractivity contribution in [2.75, 3.05) is 5.32 Å². The summed E-state index contributed by atoms with van der Waals surface area (Å²) in [5.41, 5.74) is 1.55. The molecule has 0 unspecified atom stereocenters. The van der Waals surface area contributed by atoms with Crippen LogP contribution in [0, 0.1) is 6.92 Å². The Kier molecular flexibility index (Phi) is 4.31. The van der Waals surface area contributed by atoms with Gasteiger partial charge >= 0.3 is 6.03 Å². The molecule has 0 aliphatic carbocycles. The lowest BCUT2D eigenvalue weighted by Crippen LogP contribution is -2.45. The molecule has 0 aliphatic rings. The first-order valence-electron chi connectivity index (χ1n) is 7.10. The Bertz CT molecular complexity index is 620. The van der Waals surface area contributed by atoms with Gasteiger partial charge in [-0.25, -0.2) is 4.79 Å². The molecule has 0 fully saturated rings. The average molecular weight is 286 g/mol. The van der Waals surface area contributed by atoms with Gasteiger partial charge in [0.1, 0.15) is 5.82 Å². The Balaban J connectivity index is 2.11. The van der Waals surface area contributed by atoms with Gasteiger partial charge in [-0.3, -0.25) is 10.00 Å². The van der Waals surface area contributed by atoms with Gasteiger partial charge in [0.25, 0.3) is 0 Å². The Hall–Kier alpha value is -2.30. The van der Waals surface area contributed by atoms with E-state index in [0.29, 0.717) is 5.82 Å². The number of nitrogens with one attached hydrogen (secondary N) is 2. The number of carbonyl (C=O) groups is 1. The summed E-state index contributed by atoms with van der Waals surface area (Å²) < 4.78 is 1.65. The minimum absolute atomic E-state index is 0.230. The minimum Gasteiger partial charge on any atom is -0.329 e. The molecule has 1 heterocycles. The predicted octanol–water partition coefficient (Wildman–Crippen LogP) is 3.18. The largest absolute Gasteiger partial charge is 0.329 e. The SMILES string of the molecule is CC[C@@](C)(NC(=O)Nc1cc(C)nn1C)c1ccccc1. The van der Waals surface area contributed by atoms with Crippen molar-refractivity contribution in [3.63, 3.8) is 0 Å². The van der Waals surface area contributed by atoms with E-state index in [2.05, 4.69) is 22.7 Å². The van der Waals surface area contributed by atoms with Gasteiger partial charge in [0.05, 0.1) is 11.2 Å². The summed E-state index contributed by atoms with van der Waals surface area (Å²) >= 11 is 0. The Labute approximate surface area is 125 Å². The van der Waals surface area contributed by atoms with Gasteiger partial charge in [-0.2, -0.15) is 5.10 Å². The number of nitrogens with zero attached hydrogens (tertiary/aromatic N) is 2. The summed E-state index contributed by atoms with van der Waals surface area (Å²) in [6.45, 7) is 5.97. The van der Waals surface area contributed by atoms with Gasteiger partial charge in [0.15, 0.2) is 0 Å². The number of urea groups is 1. The molecule has 0 bridgehead atoms. The average Bonchev–Trinajstić information content (AvgIpc) is 2.77. The monoisotopic (exact) mass is 286 g/mol. The smallest absolute Gasteiger partial charge is 0.321 e. The van der Waals surface area contributed by atoms with Crippen LogP contribution >= 0.6 is 0 Å². The highest BCUT2D eigenvalue weighted by Crippen LogP contribution is 2.24. The Morgan fingerprint density at radius 1 is 1.33 bits per heavy atom. The highest BCUT2D eigenvalue weighted by molar-refractivity contribution is 5.89. The van der Waals surface area contributed by atoms with E-state index in [0.717, 1.165) is 17.7 Å². The number of hydrogen-bond acceptors (Lipinski definition) is 2. The molecule has 1 aromatic heterocycles. The second-order valence-corrected chi connectivity index (χ2v) is 5.43. The van der Waals surface area contributed by atoms with Crippen LogP contribution in [0.1, 0.15) is 31.5 Å². The van der Waals surface area contributed by atoms with Crippen LogP contribution in [0.5, 0.6) is 0 Å². The van der Waals surface area contributed by atoms with Crippen LogP contribution in [-0.2, 0) is 12.6 Å². The van der Waals surface area contributed by atoms with Gasteiger partial charge in [0, 0.05) is 13.1 Å². The highest BCUT2D eigenvalue weighted by Gasteiger charge is 2.26. The maximum atomic E-state index is 12.3. The van der Waals surface area contributed by atoms with Crippen molar-refractivity contribution in [2.24, 2.45) is 7.05 Å². The zero-order valence-electron chi connectivity index (χ0n) is 13.0. The fraction of sp³-hybridized carbons (Fsp3) is 0.375. The quantitative estimate of drug-likeness (QED) is 0.907. The van der Waals surface area contributed by atoms with Gasteiger partial charge in [-0.05, 0) is 25.8 Å². The van der Waals surface area contributed by atoms with Crippen molar-refractivity contribution >= 4 is 11.8 Å². The molecule has 0 radical (unpaired) electrons. The molecule has 112 valence electrons. The molecule has 0 aliphatic heterocycles. The van der Waals surface area contributed by atoms with Gasteiger partial charge in [-0.15, -0.1) is 0 Å². The first-order valence-corrected chi connectivity index (χ1v) is 7.10. The van der Waals surface area contributed by atoms with Crippen molar-refractivity contribution in [1.82, 2.24) is 15.1 Å². The van der Waals surface area contributed by atoms with Crippen molar-refractivity contribution in [3.05, 3.63) is 47.7 Å². The van der Waals surface area contributed by atoms with Crippen molar-refractivity contribution in [1.29, 1.82) is 0 Å². The summed E-state index contributed by atoms with van der Waals surface area (Å²) in [6, 6.07) is 11.6. The van der Waals surface area contributed by atoms with E-state index in [1.54, 1.807) is 11.7 Å². The van der Waals surface area contributed by atoms with Crippen molar-refractivity contribution < 1.29 is 4.79 Å². The Morgan fingerprint density at radius 3 is 2.52 bits per heavy atom. The highest BCUT2D eigenvalue weighted by atomic mass is 16.2. The number of anilines is 1. The predicted molar refractivity (Wildman–Crippen MR) is 84.2 cm³/mol. The van der Waals surface area contributed by atoms with Crippen LogP contribution in [-0.4, -0.2) is 15.8 Å². The summed E-state index contributed by atoms with van der Waals surface area (Å²) in [6.07, 6.45) is 0.800. The van der Waals surface area contributed by atoms with E-state index >= 15 is 0 Å². The fourth-order valence-electron chi connectivity index (χ4n) is 2.30. The summed E-state index contributed by atoms with van der Waals surface area (Å²) in [5.74, 6) is 0.677. The van der Waals surface area contributed by atoms with Crippen LogP contribution in [0.3, 0.4) is 0 Å². The Morgan fingerprint density at radius 2 is 2.00 bits per heavy atom. The molecular formula is C16H22N4O. The third-order valence-corrected chi connectivity index (χ3v) is 3.75. The molecule has 0 saturated carbocycles. The second-order valence-electron chi connectivity index (χ2n) is 5.43. The molecule has 2 rings (SSSR count). The topological polar surface area (TPSA) is 59.0 Å². The van der Waals surface area contributed by atoms with Crippen LogP contribution in [0.15, 0.2) is 36.4 Å². The fourth-order valence-corrected chi connectivity index (χ4v) is 2.30. The summed E-state index contributed by atoms with van der Waals surface area (Å²) in [4.78, 5) is 12.3. The van der Waals surface area contributed by atoms with Gasteiger partial charge in [0.2, 0.25) is 0 Å². The molecule has 5 heteroatoms. The molecule has 21 heavy (non-hydrogen) atoms. The number of hydrogen-bond donors (Lipinski definition) is 2. The lowest BCUT2D eigenvalue weighted by Gasteiger charge is -2.30. The number of carbonyl (C=O) groups excluding carboxylic acids is 1. The standard InChI is InChI=1S/C16H22N4O/c1-5-16(3,13-9-7-6-8-10-13)18-15(21)17-14-11-12(2)19-20(14)4/h6-11H,5H2,1-4H3,(H2,17,18,21)/t16-/m1/s1. The zero-order valence-corrected chi connectivity index (χ0v) is 13.0. The minimum atomic E-state index is -0.404. The van der Waals surface area contributed by atoms with Gasteiger partial charge < -0.3 is 5.32 Å². The number of aromatic nitrogens is 2. The number of benzene rings is 1. The first-order chi connectivity index (χ1) is 9.94. The van der Waals surface area contributed by atoms with E-state index in [1.807, 2.05) is 50.2 Å². The normalized spacial score (nSPS) is 13.5. The van der Waals surface area contributed by atoms with Crippen LogP contribution < -0.4 is 10.6 Å². The summed E-state index contributed by atoms with van der Waals surface area (Å²) in [5, 5.41) is 10.1. The van der Waals surface area contributed by atoms with Crippen molar-refractivity contribution in [3.8, 4) is 0 Å². The molecule has 2 N–H and O–H groups in total.